The van der Waals surface area contributed by atoms with Gasteiger partial charge in [-0.05, 0) is 49.8 Å². The molecule has 1 atom stereocenters. The van der Waals surface area contributed by atoms with Crippen LogP contribution in [0.2, 0.25) is 5.02 Å². The number of carbonyl (C=O) groups excluding carboxylic acids is 1. The van der Waals surface area contributed by atoms with E-state index in [2.05, 4.69) is 20.1 Å². The van der Waals surface area contributed by atoms with Crippen LogP contribution in [-0.4, -0.2) is 54.4 Å². The molecule has 0 radical (unpaired) electrons. The lowest BCUT2D eigenvalue weighted by atomic mass is 10.0. The van der Waals surface area contributed by atoms with Crippen molar-refractivity contribution in [3.63, 3.8) is 0 Å². The van der Waals surface area contributed by atoms with Crippen LogP contribution in [0.1, 0.15) is 18.5 Å². The Morgan fingerprint density at radius 3 is 2.53 bits per heavy atom. The summed E-state index contributed by atoms with van der Waals surface area (Å²) in [6.07, 6.45) is 1.58. The van der Waals surface area contributed by atoms with Crippen LogP contribution in [0.25, 0.3) is 10.8 Å². The minimum Gasteiger partial charge on any atom is -0.329 e. The van der Waals surface area contributed by atoms with Gasteiger partial charge in [-0.2, -0.15) is 0 Å². The van der Waals surface area contributed by atoms with E-state index in [1.54, 1.807) is 24.4 Å². The number of likely N-dealkylation sites (N-methyl/N-ethyl adjacent to an activating group) is 2. The Morgan fingerprint density at radius 1 is 1.13 bits per heavy atom. The molecule has 0 saturated heterocycles. The summed E-state index contributed by atoms with van der Waals surface area (Å²) in [6, 6.07) is 14.4. The van der Waals surface area contributed by atoms with Gasteiger partial charge >= 0.3 is 0 Å². The quantitative estimate of drug-likeness (QED) is 0.575. The normalized spacial score (nSPS) is 12.5. The smallest absolute Gasteiger partial charge is 0.255 e. The lowest BCUT2D eigenvalue weighted by Gasteiger charge is -2.31. The summed E-state index contributed by atoms with van der Waals surface area (Å²) in [5.41, 5.74) is 1.20. The predicted molar refractivity (Wildman–Crippen MR) is 123 cm³/mol. The number of hydrogen-bond donors (Lipinski definition) is 2. The third-order valence-electron chi connectivity index (χ3n) is 5.09. The Labute approximate surface area is 181 Å². The van der Waals surface area contributed by atoms with Crippen LogP contribution < -0.4 is 10.9 Å². The molecule has 3 rings (SSSR count). The fourth-order valence-corrected chi connectivity index (χ4v) is 3.68. The zero-order chi connectivity index (χ0) is 21.7. The summed E-state index contributed by atoms with van der Waals surface area (Å²) in [5.74, 6) is -0.159. The van der Waals surface area contributed by atoms with E-state index in [1.807, 2.05) is 51.4 Å². The lowest BCUT2D eigenvalue weighted by molar-refractivity contribution is -0.121. The van der Waals surface area contributed by atoms with Crippen molar-refractivity contribution in [2.24, 2.45) is 0 Å². The minimum absolute atomic E-state index is 0.159. The summed E-state index contributed by atoms with van der Waals surface area (Å²) in [6.45, 7) is 4.36. The number of nitrogens with zero attached hydrogens (tertiary/aromatic N) is 2. The molecule has 0 aliphatic heterocycles. The maximum absolute atomic E-state index is 13.4. The van der Waals surface area contributed by atoms with Crippen molar-refractivity contribution in [3.8, 4) is 0 Å². The summed E-state index contributed by atoms with van der Waals surface area (Å²) in [5, 5.41) is 4.52. The molecule has 0 fully saturated rings. The second-order valence-corrected chi connectivity index (χ2v) is 7.87. The number of fused-ring (bicyclic) bond motifs is 1. The van der Waals surface area contributed by atoms with Crippen molar-refractivity contribution in [1.82, 2.24) is 14.8 Å². The number of nitrogens with one attached hydrogen (secondary N) is 2. The highest BCUT2D eigenvalue weighted by Gasteiger charge is 2.27. The van der Waals surface area contributed by atoms with E-state index in [0.29, 0.717) is 16.1 Å². The molecule has 158 valence electrons. The van der Waals surface area contributed by atoms with E-state index in [9.17, 15) is 9.59 Å². The molecule has 1 unspecified atom stereocenters. The summed E-state index contributed by atoms with van der Waals surface area (Å²) >= 11 is 6.40. The van der Waals surface area contributed by atoms with Gasteiger partial charge in [0.15, 0.2) is 0 Å². The van der Waals surface area contributed by atoms with Crippen LogP contribution in [0.5, 0.6) is 0 Å². The second-order valence-electron chi connectivity index (χ2n) is 7.46. The van der Waals surface area contributed by atoms with E-state index >= 15 is 0 Å². The lowest BCUT2D eigenvalue weighted by Crippen LogP contribution is -2.40. The van der Waals surface area contributed by atoms with Crippen LogP contribution in [0.4, 0.5) is 5.69 Å². The molecule has 0 aliphatic rings. The van der Waals surface area contributed by atoms with Crippen molar-refractivity contribution in [3.05, 3.63) is 75.7 Å². The van der Waals surface area contributed by atoms with Crippen molar-refractivity contribution in [2.75, 3.05) is 39.0 Å². The number of aromatic amines is 1. The standard InChI is InChI=1S/C23H27ClN4O2/c1-4-28(13-12-27(2)3)21(16-8-6-5-7-9-16)23(30)26-20-14-17-10-11-25-22(29)18(17)15-19(20)24/h5-11,14-15,21H,4,12-13H2,1-3H3,(H,25,29)(H,26,30). The molecule has 6 nitrogen and oxygen atoms in total. The van der Waals surface area contributed by atoms with Gasteiger partial charge in [0.05, 0.1) is 10.7 Å². The van der Waals surface area contributed by atoms with Crippen molar-refractivity contribution in [2.45, 2.75) is 13.0 Å². The molecule has 1 aromatic heterocycles. The van der Waals surface area contributed by atoms with Crippen LogP contribution in [0.3, 0.4) is 0 Å². The van der Waals surface area contributed by atoms with Gasteiger partial charge in [0.2, 0.25) is 5.91 Å². The van der Waals surface area contributed by atoms with Crippen LogP contribution in [0.15, 0.2) is 59.5 Å². The van der Waals surface area contributed by atoms with Gasteiger partial charge in [0.1, 0.15) is 6.04 Å². The summed E-state index contributed by atoms with van der Waals surface area (Å²) in [4.78, 5) is 32.3. The Hall–Kier alpha value is -2.67. The fourth-order valence-electron chi connectivity index (χ4n) is 3.47. The number of halogens is 1. The Balaban J connectivity index is 1.94. The first-order valence-corrected chi connectivity index (χ1v) is 10.3. The molecule has 0 saturated carbocycles. The Kier molecular flexibility index (Phi) is 7.26. The molecule has 2 aromatic carbocycles. The van der Waals surface area contributed by atoms with Crippen molar-refractivity contribution in [1.29, 1.82) is 0 Å². The van der Waals surface area contributed by atoms with Gasteiger partial charge in [0.25, 0.3) is 5.56 Å². The van der Waals surface area contributed by atoms with Gasteiger partial charge in [-0.1, -0.05) is 48.9 Å². The first kappa shape index (κ1) is 22.0. The van der Waals surface area contributed by atoms with Gasteiger partial charge < -0.3 is 15.2 Å². The van der Waals surface area contributed by atoms with E-state index in [0.717, 1.165) is 30.6 Å². The number of benzene rings is 2. The van der Waals surface area contributed by atoms with E-state index in [-0.39, 0.29) is 11.5 Å². The van der Waals surface area contributed by atoms with Crippen LogP contribution in [0, 0.1) is 0 Å². The molecule has 0 aliphatic carbocycles. The SMILES string of the molecule is CCN(CCN(C)C)C(C(=O)Nc1cc2cc[nH]c(=O)c2cc1Cl)c1ccccc1. The number of anilines is 1. The second kappa shape index (κ2) is 9.89. The number of pyridine rings is 1. The Morgan fingerprint density at radius 2 is 1.87 bits per heavy atom. The first-order chi connectivity index (χ1) is 14.4. The van der Waals surface area contributed by atoms with E-state index in [1.165, 1.54) is 0 Å². The topological polar surface area (TPSA) is 68.4 Å². The van der Waals surface area contributed by atoms with E-state index < -0.39 is 6.04 Å². The zero-order valence-electron chi connectivity index (χ0n) is 17.5. The molecule has 30 heavy (non-hydrogen) atoms. The monoisotopic (exact) mass is 426 g/mol. The van der Waals surface area contributed by atoms with E-state index in [4.69, 9.17) is 11.6 Å². The van der Waals surface area contributed by atoms with Crippen LogP contribution in [-0.2, 0) is 4.79 Å². The maximum atomic E-state index is 13.4. The molecule has 3 aromatic rings. The van der Waals surface area contributed by atoms with Gasteiger partial charge in [-0.3, -0.25) is 14.5 Å². The Bertz CT molecular complexity index is 1070. The number of aromatic nitrogens is 1. The maximum Gasteiger partial charge on any atom is 0.255 e. The minimum atomic E-state index is -0.456. The van der Waals surface area contributed by atoms with Gasteiger partial charge in [0, 0.05) is 24.7 Å². The largest absolute Gasteiger partial charge is 0.329 e. The fraction of sp³-hybridized carbons (Fsp3) is 0.304. The molecule has 0 bridgehead atoms. The molecule has 7 heteroatoms. The number of rotatable bonds is 8. The molecule has 2 N–H and O–H groups in total. The highest BCUT2D eigenvalue weighted by Crippen LogP contribution is 2.29. The van der Waals surface area contributed by atoms with Gasteiger partial charge in [-0.15, -0.1) is 0 Å². The first-order valence-electron chi connectivity index (χ1n) is 9.96. The molecular weight excluding hydrogens is 400 g/mol. The van der Waals surface area contributed by atoms with Crippen molar-refractivity contribution >= 4 is 34.0 Å². The zero-order valence-corrected chi connectivity index (χ0v) is 18.2. The molecular formula is C23H27ClN4O2. The van der Waals surface area contributed by atoms with Gasteiger partial charge in [-0.25, -0.2) is 0 Å². The third kappa shape index (κ3) is 5.08. The number of H-pyrrole nitrogens is 1. The van der Waals surface area contributed by atoms with Crippen LogP contribution >= 0.6 is 11.6 Å². The molecule has 1 amide bonds. The summed E-state index contributed by atoms with van der Waals surface area (Å²) < 4.78 is 0. The number of amides is 1. The number of hydrogen-bond acceptors (Lipinski definition) is 4. The average molecular weight is 427 g/mol. The summed E-state index contributed by atoms with van der Waals surface area (Å²) in [7, 11) is 4.03. The highest BCUT2D eigenvalue weighted by atomic mass is 35.5. The molecule has 1 heterocycles. The predicted octanol–water partition coefficient (Wildman–Crippen LogP) is 3.74. The third-order valence-corrected chi connectivity index (χ3v) is 5.40. The molecule has 0 spiro atoms. The van der Waals surface area contributed by atoms with Crippen molar-refractivity contribution < 1.29 is 4.79 Å². The number of carbonyl (C=O) groups is 1. The highest BCUT2D eigenvalue weighted by molar-refractivity contribution is 6.34. The average Bonchev–Trinajstić information content (AvgIpc) is 2.72.